The summed E-state index contributed by atoms with van der Waals surface area (Å²) in [6.45, 7) is 8.75. The molecule has 0 aliphatic carbocycles. The average molecular weight is 246 g/mol. The quantitative estimate of drug-likeness (QED) is 0.700. The Hall–Kier alpha value is -1.31. The lowest BCUT2D eigenvalue weighted by atomic mass is 9.85. The molecule has 1 saturated heterocycles. The zero-order chi connectivity index (χ0) is 13.3. The molecule has 2 rings (SSSR count). The molecule has 0 bridgehead atoms. The summed E-state index contributed by atoms with van der Waals surface area (Å²) in [4.78, 5) is 11.4. The molecule has 0 saturated carbocycles. The first kappa shape index (κ1) is 13.1. The van der Waals surface area contributed by atoms with Crippen LogP contribution in [0.15, 0.2) is 24.3 Å². The Labute approximate surface area is 109 Å². The fourth-order valence-corrected chi connectivity index (χ4v) is 2.38. The van der Waals surface area contributed by atoms with Gasteiger partial charge in [-0.05, 0) is 28.9 Å². The van der Waals surface area contributed by atoms with Crippen molar-refractivity contribution in [1.82, 2.24) is 0 Å². The van der Waals surface area contributed by atoms with Crippen molar-refractivity contribution in [3.05, 3.63) is 35.4 Å². The first-order valence-electron chi connectivity index (χ1n) is 6.68. The number of benzene rings is 1. The summed E-state index contributed by atoms with van der Waals surface area (Å²) in [7, 11) is 0. The van der Waals surface area contributed by atoms with E-state index in [4.69, 9.17) is 4.74 Å². The normalized spacial score (nSPS) is 24.8. The number of esters is 1. The van der Waals surface area contributed by atoms with Gasteiger partial charge in [-0.2, -0.15) is 0 Å². The van der Waals surface area contributed by atoms with Gasteiger partial charge in [0.2, 0.25) is 0 Å². The van der Waals surface area contributed by atoms with Crippen LogP contribution in [0.3, 0.4) is 0 Å². The van der Waals surface area contributed by atoms with Crippen molar-refractivity contribution in [1.29, 1.82) is 0 Å². The van der Waals surface area contributed by atoms with E-state index in [2.05, 4.69) is 52.0 Å². The minimum Gasteiger partial charge on any atom is -0.457 e. The van der Waals surface area contributed by atoms with Gasteiger partial charge < -0.3 is 4.74 Å². The molecule has 1 fully saturated rings. The predicted octanol–water partition coefficient (Wildman–Crippen LogP) is 4.00. The maximum Gasteiger partial charge on any atom is 0.306 e. The van der Waals surface area contributed by atoms with Crippen molar-refractivity contribution >= 4 is 5.97 Å². The van der Waals surface area contributed by atoms with Crippen LogP contribution in [0.4, 0.5) is 0 Å². The minimum atomic E-state index is -0.0713. The molecule has 0 aromatic heterocycles. The molecule has 98 valence electrons. The average Bonchev–Trinajstić information content (AvgIpc) is 2.31. The topological polar surface area (TPSA) is 26.3 Å². The van der Waals surface area contributed by atoms with Gasteiger partial charge in [0.05, 0.1) is 0 Å². The zero-order valence-corrected chi connectivity index (χ0v) is 11.7. The SMILES string of the molecule is CC1CCC(=O)OC1c1ccc(C(C)(C)C)cc1. The summed E-state index contributed by atoms with van der Waals surface area (Å²) in [6.07, 6.45) is 1.41. The van der Waals surface area contributed by atoms with Gasteiger partial charge in [-0.1, -0.05) is 52.0 Å². The third kappa shape index (κ3) is 2.74. The highest BCUT2D eigenvalue weighted by molar-refractivity contribution is 5.70. The molecule has 0 amide bonds. The van der Waals surface area contributed by atoms with Crippen molar-refractivity contribution < 1.29 is 9.53 Å². The van der Waals surface area contributed by atoms with Gasteiger partial charge >= 0.3 is 5.97 Å². The van der Waals surface area contributed by atoms with Crippen LogP contribution < -0.4 is 0 Å². The molecular formula is C16H22O2. The largest absolute Gasteiger partial charge is 0.457 e. The van der Waals surface area contributed by atoms with E-state index >= 15 is 0 Å². The monoisotopic (exact) mass is 246 g/mol. The summed E-state index contributed by atoms with van der Waals surface area (Å²) < 4.78 is 5.47. The van der Waals surface area contributed by atoms with Gasteiger partial charge in [-0.25, -0.2) is 0 Å². The second-order valence-electron chi connectivity index (χ2n) is 6.30. The second-order valence-corrected chi connectivity index (χ2v) is 6.30. The minimum absolute atomic E-state index is 0.0692. The molecular weight excluding hydrogens is 224 g/mol. The van der Waals surface area contributed by atoms with E-state index in [0.29, 0.717) is 12.3 Å². The third-order valence-electron chi connectivity index (χ3n) is 3.68. The number of carbonyl (C=O) groups excluding carboxylic acids is 1. The third-order valence-corrected chi connectivity index (χ3v) is 3.68. The standard InChI is InChI=1S/C16H22O2/c1-11-5-10-14(17)18-15(11)12-6-8-13(9-7-12)16(2,3)4/h6-9,11,15H,5,10H2,1-4H3. The Morgan fingerprint density at radius 2 is 1.78 bits per heavy atom. The highest BCUT2D eigenvalue weighted by Gasteiger charge is 2.28. The molecule has 1 aliphatic heterocycles. The van der Waals surface area contributed by atoms with Gasteiger partial charge in [0, 0.05) is 6.42 Å². The van der Waals surface area contributed by atoms with Gasteiger partial charge in [-0.15, -0.1) is 0 Å². The van der Waals surface area contributed by atoms with Crippen LogP contribution >= 0.6 is 0 Å². The van der Waals surface area contributed by atoms with Crippen molar-refractivity contribution in [2.45, 2.75) is 52.1 Å². The van der Waals surface area contributed by atoms with E-state index in [1.165, 1.54) is 5.56 Å². The summed E-state index contributed by atoms with van der Waals surface area (Å²) in [5, 5.41) is 0. The molecule has 0 radical (unpaired) electrons. The molecule has 2 nitrogen and oxygen atoms in total. The van der Waals surface area contributed by atoms with Crippen molar-refractivity contribution in [3.63, 3.8) is 0 Å². The van der Waals surface area contributed by atoms with Gasteiger partial charge in [0.15, 0.2) is 0 Å². The van der Waals surface area contributed by atoms with E-state index < -0.39 is 0 Å². The highest BCUT2D eigenvalue weighted by atomic mass is 16.5. The Balaban J connectivity index is 2.21. The fraction of sp³-hybridized carbons (Fsp3) is 0.562. The number of hydrogen-bond donors (Lipinski definition) is 0. The first-order chi connectivity index (χ1) is 8.38. The van der Waals surface area contributed by atoms with Crippen LogP contribution in [-0.4, -0.2) is 5.97 Å². The van der Waals surface area contributed by atoms with Crippen LogP contribution in [0.5, 0.6) is 0 Å². The number of hydrogen-bond acceptors (Lipinski definition) is 2. The Kier molecular flexibility index (Phi) is 3.47. The predicted molar refractivity (Wildman–Crippen MR) is 72.4 cm³/mol. The van der Waals surface area contributed by atoms with E-state index in [9.17, 15) is 4.79 Å². The molecule has 2 unspecified atom stereocenters. The maximum absolute atomic E-state index is 11.4. The molecule has 1 heterocycles. The summed E-state index contributed by atoms with van der Waals surface area (Å²) in [5.41, 5.74) is 2.58. The lowest BCUT2D eigenvalue weighted by molar-refractivity contribution is -0.158. The van der Waals surface area contributed by atoms with Crippen LogP contribution in [-0.2, 0) is 14.9 Å². The summed E-state index contributed by atoms with van der Waals surface area (Å²) in [6, 6.07) is 8.48. The van der Waals surface area contributed by atoms with Crippen molar-refractivity contribution in [2.24, 2.45) is 5.92 Å². The first-order valence-corrected chi connectivity index (χ1v) is 6.68. The second kappa shape index (κ2) is 4.75. The van der Waals surface area contributed by atoms with E-state index in [1.54, 1.807) is 0 Å². The van der Waals surface area contributed by atoms with E-state index in [0.717, 1.165) is 12.0 Å². The number of rotatable bonds is 1. The Bertz CT molecular complexity index is 425. The van der Waals surface area contributed by atoms with E-state index in [-0.39, 0.29) is 17.5 Å². The lowest BCUT2D eigenvalue weighted by Crippen LogP contribution is -2.24. The molecule has 1 aromatic rings. The fourth-order valence-electron chi connectivity index (χ4n) is 2.38. The molecule has 2 atom stereocenters. The smallest absolute Gasteiger partial charge is 0.306 e. The van der Waals surface area contributed by atoms with Crippen LogP contribution in [0.25, 0.3) is 0 Å². The molecule has 18 heavy (non-hydrogen) atoms. The lowest BCUT2D eigenvalue weighted by Gasteiger charge is -2.29. The van der Waals surface area contributed by atoms with Crippen LogP contribution in [0.1, 0.15) is 57.8 Å². The number of carbonyl (C=O) groups is 1. The van der Waals surface area contributed by atoms with Gasteiger partial charge in [0.1, 0.15) is 6.10 Å². The maximum atomic E-state index is 11.4. The number of ether oxygens (including phenoxy) is 1. The van der Waals surface area contributed by atoms with E-state index in [1.807, 2.05) is 0 Å². The molecule has 0 spiro atoms. The zero-order valence-electron chi connectivity index (χ0n) is 11.7. The van der Waals surface area contributed by atoms with Gasteiger partial charge in [-0.3, -0.25) is 4.79 Å². The number of cyclic esters (lactones) is 1. The van der Waals surface area contributed by atoms with Crippen LogP contribution in [0, 0.1) is 5.92 Å². The molecule has 2 heteroatoms. The summed E-state index contributed by atoms with van der Waals surface area (Å²) in [5.74, 6) is 0.334. The van der Waals surface area contributed by atoms with Crippen molar-refractivity contribution in [3.8, 4) is 0 Å². The molecule has 1 aromatic carbocycles. The Morgan fingerprint density at radius 1 is 1.17 bits per heavy atom. The molecule has 1 aliphatic rings. The highest BCUT2D eigenvalue weighted by Crippen LogP contribution is 2.34. The summed E-state index contributed by atoms with van der Waals surface area (Å²) >= 11 is 0. The Morgan fingerprint density at radius 3 is 2.33 bits per heavy atom. The van der Waals surface area contributed by atoms with Crippen LogP contribution in [0.2, 0.25) is 0 Å². The van der Waals surface area contributed by atoms with Gasteiger partial charge in [0.25, 0.3) is 0 Å². The van der Waals surface area contributed by atoms with Crippen molar-refractivity contribution in [2.75, 3.05) is 0 Å². The molecule has 0 N–H and O–H groups in total.